The number of carbonyl (C=O) groups is 3. The van der Waals surface area contributed by atoms with Crippen LogP contribution in [-0.2, 0) is 18.8 Å². The van der Waals surface area contributed by atoms with Crippen LogP contribution >= 0.6 is 0 Å². The first kappa shape index (κ1) is 27.3. The fraction of sp³-hybridized carbons (Fsp3) is 0.720. The molecule has 0 bridgehead atoms. The average molecular weight is 479 g/mol. The maximum atomic E-state index is 13.1. The van der Waals surface area contributed by atoms with E-state index in [1.54, 1.807) is 17.9 Å². The molecule has 0 aromatic heterocycles. The van der Waals surface area contributed by atoms with E-state index in [-0.39, 0.29) is 60.1 Å². The van der Waals surface area contributed by atoms with Crippen molar-refractivity contribution < 1.29 is 23.5 Å². The smallest absolute Gasteiger partial charge is 0.410 e. The normalized spacial score (nSPS) is 24.7. The van der Waals surface area contributed by atoms with E-state index in [1.165, 1.54) is 0 Å². The van der Waals surface area contributed by atoms with E-state index in [4.69, 9.17) is 9.16 Å². The Morgan fingerprint density at radius 3 is 2.58 bits per heavy atom. The summed E-state index contributed by atoms with van der Waals surface area (Å²) >= 11 is 0. The largest absolute Gasteiger partial charge is 0.445 e. The fourth-order valence-electron chi connectivity index (χ4n) is 4.60. The molecule has 0 aromatic rings. The number of hydrogen-bond acceptors (Lipinski definition) is 5. The van der Waals surface area contributed by atoms with Gasteiger partial charge in [0.05, 0.1) is 12.0 Å². The minimum Gasteiger partial charge on any atom is -0.445 e. The molecule has 0 saturated carbocycles. The van der Waals surface area contributed by atoms with E-state index in [1.807, 2.05) is 6.08 Å². The molecule has 4 atom stereocenters. The Morgan fingerprint density at radius 1 is 1.30 bits per heavy atom. The Morgan fingerprint density at radius 2 is 2.00 bits per heavy atom. The molecule has 2 heterocycles. The summed E-state index contributed by atoms with van der Waals surface area (Å²) in [7, 11) is -1.21. The molecule has 0 radical (unpaired) electrons. The Kier molecular flexibility index (Phi) is 9.91. The van der Waals surface area contributed by atoms with Crippen LogP contribution < -0.4 is 5.32 Å². The van der Waals surface area contributed by atoms with E-state index in [0.717, 1.165) is 19.3 Å². The zero-order valence-corrected chi connectivity index (χ0v) is 22.3. The quantitative estimate of drug-likeness (QED) is 0.223. The molecule has 2 fully saturated rings. The Balaban J connectivity index is 2.07. The number of hydrogen-bond donors (Lipinski definition) is 1. The summed E-state index contributed by atoms with van der Waals surface area (Å²) < 4.78 is 11.2. The standard InChI is InChI=1S/C25H42N2O5Si/c1-8-13-31-24(30)27-12-10-9-11-18(27)14-17(2)21(28)15-20-22(23(29)26-20)19(25(3,4)5)16-32-33(6)7/h8,14,18-20,22,33H,1,9-13,15-16H2,2-7H3,(H,26,29)/t18?,19-,20-,22+/m1/s1. The molecule has 2 saturated heterocycles. The highest BCUT2D eigenvalue weighted by Crippen LogP contribution is 2.39. The molecule has 2 rings (SSSR count). The number of rotatable bonds is 10. The molecule has 2 amide bonds. The lowest BCUT2D eigenvalue weighted by Crippen LogP contribution is -2.63. The van der Waals surface area contributed by atoms with Crippen molar-refractivity contribution in [2.75, 3.05) is 19.8 Å². The van der Waals surface area contributed by atoms with E-state index in [0.29, 0.717) is 18.7 Å². The topological polar surface area (TPSA) is 84.9 Å². The van der Waals surface area contributed by atoms with Crippen molar-refractivity contribution >= 4 is 26.8 Å². The molecule has 0 aliphatic carbocycles. The lowest BCUT2D eigenvalue weighted by Gasteiger charge is -2.46. The van der Waals surface area contributed by atoms with Gasteiger partial charge in [0, 0.05) is 25.6 Å². The second-order valence-electron chi connectivity index (χ2n) is 10.6. The van der Waals surface area contributed by atoms with Crippen LogP contribution in [0.5, 0.6) is 0 Å². The third kappa shape index (κ3) is 7.53. The summed E-state index contributed by atoms with van der Waals surface area (Å²) in [4.78, 5) is 39.7. The fourth-order valence-corrected chi connectivity index (χ4v) is 5.19. The summed E-state index contributed by atoms with van der Waals surface area (Å²) in [6, 6.07) is -0.339. The van der Waals surface area contributed by atoms with E-state index in [9.17, 15) is 14.4 Å². The Hall–Kier alpha value is -1.93. The highest BCUT2D eigenvalue weighted by Gasteiger charge is 2.49. The Bertz CT molecular complexity index is 758. The van der Waals surface area contributed by atoms with Crippen molar-refractivity contribution in [1.29, 1.82) is 0 Å². The molecule has 0 aromatic carbocycles. The van der Waals surface area contributed by atoms with Crippen molar-refractivity contribution in [3.8, 4) is 0 Å². The maximum Gasteiger partial charge on any atom is 0.410 e. The van der Waals surface area contributed by atoms with Crippen molar-refractivity contribution in [3.63, 3.8) is 0 Å². The first-order valence-corrected chi connectivity index (χ1v) is 14.9. The van der Waals surface area contributed by atoms with Crippen molar-refractivity contribution in [3.05, 3.63) is 24.3 Å². The molecule has 1 unspecified atom stereocenters. The molecule has 2 aliphatic rings. The molecule has 7 nitrogen and oxygen atoms in total. The average Bonchev–Trinajstić information content (AvgIpc) is 2.73. The minimum atomic E-state index is -1.21. The molecule has 33 heavy (non-hydrogen) atoms. The minimum absolute atomic E-state index is 0.00166. The highest BCUT2D eigenvalue weighted by molar-refractivity contribution is 6.48. The van der Waals surface area contributed by atoms with E-state index in [2.05, 4.69) is 45.8 Å². The van der Waals surface area contributed by atoms with E-state index < -0.39 is 9.04 Å². The van der Waals surface area contributed by atoms with Crippen LogP contribution in [0.4, 0.5) is 4.79 Å². The van der Waals surface area contributed by atoms with Crippen LogP contribution in [-0.4, -0.2) is 63.6 Å². The van der Waals surface area contributed by atoms with Gasteiger partial charge >= 0.3 is 6.09 Å². The molecular weight excluding hydrogens is 436 g/mol. The van der Waals surface area contributed by atoms with Gasteiger partial charge in [0.25, 0.3) is 0 Å². The molecule has 0 spiro atoms. The summed E-state index contributed by atoms with van der Waals surface area (Å²) in [5.74, 6) is -0.167. The number of ether oxygens (including phenoxy) is 1. The van der Waals surface area contributed by atoms with Crippen LogP contribution in [0, 0.1) is 17.3 Å². The number of carbonyl (C=O) groups excluding carboxylic acids is 3. The number of nitrogens with one attached hydrogen (secondary N) is 1. The van der Waals surface area contributed by atoms with Gasteiger partial charge in [-0.25, -0.2) is 4.79 Å². The van der Waals surface area contributed by atoms with Crippen LogP contribution in [0.15, 0.2) is 24.3 Å². The number of Topliss-reactive ketones (excluding diaryl/α,β-unsaturated/α-hetero) is 1. The lowest BCUT2D eigenvalue weighted by molar-refractivity contribution is -0.143. The zero-order valence-electron chi connectivity index (χ0n) is 21.2. The SMILES string of the molecule is C=CCOC(=O)N1CCCCC1C=C(C)C(=O)C[C@H]1NC(=O)[C@H]1[C@@H](CO[SiH](C)C)C(C)(C)C. The van der Waals surface area contributed by atoms with Crippen molar-refractivity contribution in [1.82, 2.24) is 10.2 Å². The van der Waals surface area contributed by atoms with Gasteiger partial charge in [-0.15, -0.1) is 0 Å². The second-order valence-corrected chi connectivity index (χ2v) is 13.0. The molecular formula is C25H42N2O5Si. The zero-order chi connectivity index (χ0) is 24.8. The number of ketones is 1. The van der Waals surface area contributed by atoms with Crippen LogP contribution in [0.1, 0.15) is 53.4 Å². The van der Waals surface area contributed by atoms with Gasteiger partial charge in [-0.3, -0.25) is 9.59 Å². The predicted molar refractivity (Wildman–Crippen MR) is 132 cm³/mol. The molecule has 8 heteroatoms. The van der Waals surface area contributed by atoms with Gasteiger partial charge in [0.2, 0.25) is 5.91 Å². The van der Waals surface area contributed by atoms with Gasteiger partial charge in [0.15, 0.2) is 14.8 Å². The molecule has 1 N–H and O–H groups in total. The number of allylic oxidation sites excluding steroid dienone is 1. The first-order chi connectivity index (χ1) is 15.5. The van der Waals surface area contributed by atoms with E-state index >= 15 is 0 Å². The Labute approximate surface area is 200 Å². The summed E-state index contributed by atoms with van der Waals surface area (Å²) in [6.45, 7) is 17.3. The summed E-state index contributed by atoms with van der Waals surface area (Å²) in [5.41, 5.74) is 0.521. The number of nitrogens with zero attached hydrogens (tertiary/aromatic N) is 1. The summed E-state index contributed by atoms with van der Waals surface area (Å²) in [5, 5.41) is 2.95. The monoisotopic (exact) mass is 478 g/mol. The highest BCUT2D eigenvalue weighted by atomic mass is 28.3. The maximum absolute atomic E-state index is 13.1. The van der Waals surface area contributed by atoms with Crippen LogP contribution in [0.3, 0.4) is 0 Å². The van der Waals surface area contributed by atoms with Gasteiger partial charge < -0.3 is 19.4 Å². The molecule has 186 valence electrons. The first-order valence-electron chi connectivity index (χ1n) is 12.1. The number of piperidine rings is 1. The molecule has 2 aliphatic heterocycles. The van der Waals surface area contributed by atoms with Gasteiger partial charge in [-0.2, -0.15) is 0 Å². The summed E-state index contributed by atoms with van der Waals surface area (Å²) in [6.07, 6.45) is 6.05. The van der Waals surface area contributed by atoms with Gasteiger partial charge in [0.1, 0.15) is 6.61 Å². The third-order valence-electron chi connectivity index (χ3n) is 6.61. The van der Waals surface area contributed by atoms with Crippen molar-refractivity contribution in [2.45, 2.75) is 78.6 Å². The van der Waals surface area contributed by atoms with Gasteiger partial charge in [-0.05, 0) is 56.2 Å². The lowest BCUT2D eigenvalue weighted by atomic mass is 9.66. The van der Waals surface area contributed by atoms with Crippen LogP contribution in [0.25, 0.3) is 0 Å². The van der Waals surface area contributed by atoms with Crippen molar-refractivity contribution in [2.24, 2.45) is 17.3 Å². The van der Waals surface area contributed by atoms with Crippen LogP contribution in [0.2, 0.25) is 13.1 Å². The number of amides is 2. The van der Waals surface area contributed by atoms with Gasteiger partial charge in [-0.1, -0.05) is 39.5 Å². The number of likely N-dealkylation sites (tertiary alicyclic amines) is 1. The predicted octanol–water partition coefficient (Wildman–Crippen LogP) is 3.85. The number of β-lactam (4-membered cyclic amide) rings is 1. The third-order valence-corrected chi connectivity index (χ3v) is 7.47. The second kappa shape index (κ2) is 12.0.